The van der Waals surface area contributed by atoms with E-state index in [-0.39, 0.29) is 0 Å². The van der Waals surface area contributed by atoms with Crippen LogP contribution in [0.3, 0.4) is 0 Å². The highest BCUT2D eigenvalue weighted by Crippen LogP contribution is 2.48. The fourth-order valence-corrected chi connectivity index (χ4v) is 3.25. The summed E-state index contributed by atoms with van der Waals surface area (Å²) in [5, 5.41) is 0. The lowest BCUT2D eigenvalue weighted by Crippen LogP contribution is -2.27. The summed E-state index contributed by atoms with van der Waals surface area (Å²) in [5.74, 6) is 1.79. The van der Waals surface area contributed by atoms with Crippen molar-refractivity contribution in [3.63, 3.8) is 0 Å². The van der Waals surface area contributed by atoms with Gasteiger partial charge in [-0.1, -0.05) is 25.0 Å². The highest BCUT2D eigenvalue weighted by atomic mass is 35.5. The van der Waals surface area contributed by atoms with E-state index in [1.807, 2.05) is 0 Å². The lowest BCUT2D eigenvalue weighted by Gasteiger charge is -2.33. The largest absolute Gasteiger partial charge is 0.126 e. The van der Waals surface area contributed by atoms with E-state index in [2.05, 4.69) is 12.2 Å². The number of hydrogen-bond donors (Lipinski definition) is 0. The van der Waals surface area contributed by atoms with Crippen molar-refractivity contribution in [2.45, 2.75) is 38.5 Å². The molecular formula is C11H17Cl. The molecule has 0 unspecified atom stereocenters. The molecule has 2 aliphatic rings. The van der Waals surface area contributed by atoms with Gasteiger partial charge in [0, 0.05) is 5.88 Å². The van der Waals surface area contributed by atoms with E-state index >= 15 is 0 Å². The van der Waals surface area contributed by atoms with Gasteiger partial charge in [-0.3, -0.25) is 0 Å². The molecule has 0 amide bonds. The van der Waals surface area contributed by atoms with Crippen molar-refractivity contribution >= 4 is 11.6 Å². The Kier molecular flexibility index (Phi) is 2.45. The molecule has 0 saturated heterocycles. The van der Waals surface area contributed by atoms with Crippen LogP contribution >= 0.6 is 11.6 Å². The fourth-order valence-electron chi connectivity index (χ4n) is 2.81. The number of hydrogen-bond acceptors (Lipinski definition) is 0. The van der Waals surface area contributed by atoms with Gasteiger partial charge in [-0.2, -0.15) is 0 Å². The molecule has 0 aromatic rings. The third-order valence-corrected chi connectivity index (χ3v) is 4.24. The first-order valence-corrected chi connectivity index (χ1v) is 5.62. The van der Waals surface area contributed by atoms with Crippen LogP contribution in [0.5, 0.6) is 0 Å². The van der Waals surface area contributed by atoms with Crippen molar-refractivity contribution in [3.05, 3.63) is 12.2 Å². The summed E-state index contributed by atoms with van der Waals surface area (Å²) in [6.45, 7) is 0. The third-order valence-electron chi connectivity index (χ3n) is 3.70. The molecule has 0 N–H and O–H groups in total. The maximum absolute atomic E-state index is 6.10. The van der Waals surface area contributed by atoms with E-state index in [1.165, 1.54) is 38.5 Å². The summed E-state index contributed by atoms with van der Waals surface area (Å²) in [4.78, 5) is 0. The predicted octanol–water partition coefficient (Wildman–Crippen LogP) is 3.75. The highest BCUT2D eigenvalue weighted by Gasteiger charge is 2.39. The Labute approximate surface area is 80.0 Å². The Morgan fingerprint density at radius 3 is 2.25 bits per heavy atom. The molecule has 0 heterocycles. The first-order chi connectivity index (χ1) is 5.87. The predicted molar refractivity (Wildman–Crippen MR) is 53.5 cm³/mol. The number of halogens is 1. The second-order valence-electron chi connectivity index (χ2n) is 4.36. The summed E-state index contributed by atoms with van der Waals surface area (Å²) in [6, 6.07) is 0. The minimum Gasteiger partial charge on any atom is -0.126 e. The average molecular weight is 185 g/mol. The molecule has 0 radical (unpaired) electrons. The van der Waals surface area contributed by atoms with Crippen LogP contribution in [-0.2, 0) is 0 Å². The molecule has 68 valence electrons. The van der Waals surface area contributed by atoms with Crippen LogP contribution < -0.4 is 0 Å². The van der Waals surface area contributed by atoms with Gasteiger partial charge < -0.3 is 0 Å². The average Bonchev–Trinajstić information content (AvgIpc) is 2.76. The molecule has 0 spiro atoms. The van der Waals surface area contributed by atoms with Crippen molar-refractivity contribution in [2.24, 2.45) is 11.3 Å². The first kappa shape index (κ1) is 8.62. The van der Waals surface area contributed by atoms with Gasteiger partial charge in [-0.25, -0.2) is 0 Å². The third kappa shape index (κ3) is 1.31. The molecule has 1 saturated carbocycles. The van der Waals surface area contributed by atoms with Crippen molar-refractivity contribution in [1.82, 2.24) is 0 Å². The van der Waals surface area contributed by atoms with Crippen LogP contribution in [-0.4, -0.2) is 5.88 Å². The van der Waals surface area contributed by atoms with Crippen LogP contribution in [0.15, 0.2) is 12.2 Å². The van der Waals surface area contributed by atoms with Crippen LogP contribution in [0, 0.1) is 11.3 Å². The fraction of sp³-hybridized carbons (Fsp3) is 0.818. The molecule has 1 heteroatoms. The standard InChI is InChI=1S/C11H17Cl/c12-9-11(7-3-4-8-11)10-5-1-2-6-10/h3-4,10H,1-2,5-9H2. The second kappa shape index (κ2) is 3.41. The van der Waals surface area contributed by atoms with Gasteiger partial charge >= 0.3 is 0 Å². The van der Waals surface area contributed by atoms with Gasteiger partial charge in [-0.15, -0.1) is 11.6 Å². The van der Waals surface area contributed by atoms with E-state index < -0.39 is 0 Å². The van der Waals surface area contributed by atoms with Crippen LogP contribution in [0.2, 0.25) is 0 Å². The minimum atomic E-state index is 0.470. The SMILES string of the molecule is ClCC1(C2CCCC2)CC=CC1. The lowest BCUT2D eigenvalue weighted by molar-refractivity contribution is 0.211. The zero-order valence-corrected chi connectivity index (χ0v) is 8.32. The maximum atomic E-state index is 6.10. The molecular weight excluding hydrogens is 168 g/mol. The zero-order valence-electron chi connectivity index (χ0n) is 7.56. The van der Waals surface area contributed by atoms with Gasteiger partial charge in [0.1, 0.15) is 0 Å². The Morgan fingerprint density at radius 2 is 1.75 bits per heavy atom. The van der Waals surface area contributed by atoms with Crippen molar-refractivity contribution in [1.29, 1.82) is 0 Å². The maximum Gasteiger partial charge on any atom is 0.0288 e. The van der Waals surface area contributed by atoms with Gasteiger partial charge in [0.05, 0.1) is 0 Å². The monoisotopic (exact) mass is 184 g/mol. The summed E-state index contributed by atoms with van der Waals surface area (Å²) in [6.07, 6.45) is 12.8. The summed E-state index contributed by atoms with van der Waals surface area (Å²) in [5.41, 5.74) is 0.470. The zero-order chi connectivity index (χ0) is 8.44. The first-order valence-electron chi connectivity index (χ1n) is 5.08. The molecule has 0 atom stereocenters. The lowest BCUT2D eigenvalue weighted by atomic mass is 9.74. The van der Waals surface area contributed by atoms with Crippen molar-refractivity contribution in [3.8, 4) is 0 Å². The minimum absolute atomic E-state index is 0.470. The summed E-state index contributed by atoms with van der Waals surface area (Å²) < 4.78 is 0. The van der Waals surface area contributed by atoms with E-state index in [4.69, 9.17) is 11.6 Å². The normalized spacial score (nSPS) is 28.4. The quantitative estimate of drug-likeness (QED) is 0.453. The van der Waals surface area contributed by atoms with Crippen LogP contribution in [0.4, 0.5) is 0 Å². The summed E-state index contributed by atoms with van der Waals surface area (Å²) in [7, 11) is 0. The number of alkyl halides is 1. The van der Waals surface area contributed by atoms with Gasteiger partial charge in [0.15, 0.2) is 0 Å². The second-order valence-corrected chi connectivity index (χ2v) is 4.62. The number of rotatable bonds is 2. The van der Waals surface area contributed by atoms with Crippen molar-refractivity contribution in [2.75, 3.05) is 5.88 Å². The molecule has 0 aromatic heterocycles. The smallest absolute Gasteiger partial charge is 0.0288 e. The van der Waals surface area contributed by atoms with Crippen LogP contribution in [0.25, 0.3) is 0 Å². The Bertz CT molecular complexity index is 169. The van der Waals surface area contributed by atoms with Gasteiger partial charge in [-0.05, 0) is 37.0 Å². The molecule has 0 aliphatic heterocycles. The van der Waals surface area contributed by atoms with E-state index in [9.17, 15) is 0 Å². The Morgan fingerprint density at radius 1 is 1.17 bits per heavy atom. The van der Waals surface area contributed by atoms with E-state index in [0.29, 0.717) is 5.41 Å². The topological polar surface area (TPSA) is 0 Å². The molecule has 2 aliphatic carbocycles. The van der Waals surface area contributed by atoms with Crippen molar-refractivity contribution < 1.29 is 0 Å². The van der Waals surface area contributed by atoms with Gasteiger partial charge in [0.25, 0.3) is 0 Å². The molecule has 0 bridgehead atoms. The van der Waals surface area contributed by atoms with Crippen LogP contribution in [0.1, 0.15) is 38.5 Å². The Balaban J connectivity index is 2.06. The molecule has 12 heavy (non-hydrogen) atoms. The summed E-state index contributed by atoms with van der Waals surface area (Å²) >= 11 is 6.10. The molecule has 0 aromatic carbocycles. The van der Waals surface area contributed by atoms with Gasteiger partial charge in [0.2, 0.25) is 0 Å². The molecule has 2 rings (SSSR count). The molecule has 0 nitrogen and oxygen atoms in total. The van der Waals surface area contributed by atoms with E-state index in [0.717, 1.165) is 11.8 Å². The number of allylic oxidation sites excluding steroid dienone is 2. The highest BCUT2D eigenvalue weighted by molar-refractivity contribution is 6.18. The molecule has 1 fully saturated rings. The Hall–Kier alpha value is 0.0300. The van der Waals surface area contributed by atoms with E-state index in [1.54, 1.807) is 0 Å².